The highest BCUT2D eigenvalue weighted by Crippen LogP contribution is 2.14. The molecule has 25 heavy (non-hydrogen) atoms. The van der Waals surface area contributed by atoms with Crippen molar-refractivity contribution in [2.45, 2.75) is 20.8 Å². The fourth-order valence-electron chi connectivity index (χ4n) is 2.50. The minimum atomic E-state index is -0.408. The van der Waals surface area contributed by atoms with Gasteiger partial charge >= 0.3 is 0 Å². The molecule has 5 nitrogen and oxygen atoms in total. The normalized spacial score (nSPS) is 10.7. The van der Waals surface area contributed by atoms with Gasteiger partial charge in [0.15, 0.2) is 0 Å². The van der Waals surface area contributed by atoms with Crippen molar-refractivity contribution in [2.24, 2.45) is 5.10 Å². The third-order valence-corrected chi connectivity index (χ3v) is 3.85. The van der Waals surface area contributed by atoms with Crippen LogP contribution in [0.4, 0.5) is 0 Å². The van der Waals surface area contributed by atoms with Gasteiger partial charge in [-0.25, -0.2) is 5.43 Å². The summed E-state index contributed by atoms with van der Waals surface area (Å²) in [6.45, 7) is 5.85. The second-order valence-corrected chi connectivity index (χ2v) is 6.24. The maximum absolute atomic E-state index is 11.9. The van der Waals surface area contributed by atoms with Gasteiger partial charge in [0.2, 0.25) is 0 Å². The fourth-order valence-corrected chi connectivity index (χ4v) is 2.69. The number of hydrogen-bond acceptors (Lipinski definition) is 3. The lowest BCUT2D eigenvalue weighted by Crippen LogP contribution is -2.34. The number of nitrogens with one attached hydrogen (secondary N) is 2. The van der Waals surface area contributed by atoms with E-state index in [-0.39, 0.29) is 12.5 Å². The summed E-state index contributed by atoms with van der Waals surface area (Å²) in [5, 5.41) is 6.95. The quantitative estimate of drug-likeness (QED) is 0.637. The van der Waals surface area contributed by atoms with Gasteiger partial charge < -0.3 is 5.32 Å². The molecule has 2 rings (SSSR count). The van der Waals surface area contributed by atoms with Gasteiger partial charge in [-0.1, -0.05) is 35.4 Å². The number of benzene rings is 2. The Balaban J connectivity index is 1.88. The van der Waals surface area contributed by atoms with Crippen LogP contribution in [0, 0.1) is 20.8 Å². The third-order valence-electron chi connectivity index (χ3n) is 3.62. The second kappa shape index (κ2) is 8.44. The molecule has 0 aromatic heterocycles. The van der Waals surface area contributed by atoms with Crippen molar-refractivity contribution < 1.29 is 9.59 Å². The zero-order chi connectivity index (χ0) is 18.4. The van der Waals surface area contributed by atoms with Crippen LogP contribution in [0.2, 0.25) is 5.02 Å². The number of hydrogen-bond donors (Lipinski definition) is 2. The van der Waals surface area contributed by atoms with Crippen molar-refractivity contribution in [3.8, 4) is 0 Å². The van der Waals surface area contributed by atoms with Crippen molar-refractivity contribution in [2.75, 3.05) is 6.54 Å². The highest BCUT2D eigenvalue weighted by Gasteiger charge is 2.08. The van der Waals surface area contributed by atoms with Crippen LogP contribution in [0.3, 0.4) is 0 Å². The van der Waals surface area contributed by atoms with Crippen LogP contribution < -0.4 is 10.7 Å². The molecule has 0 radical (unpaired) electrons. The molecule has 2 N–H and O–H groups in total. The van der Waals surface area contributed by atoms with Crippen LogP contribution in [-0.4, -0.2) is 24.6 Å². The van der Waals surface area contributed by atoms with E-state index in [1.165, 1.54) is 11.6 Å². The van der Waals surface area contributed by atoms with Crippen molar-refractivity contribution in [1.29, 1.82) is 0 Å². The molecule has 2 aromatic rings. The van der Waals surface area contributed by atoms with E-state index in [0.717, 1.165) is 16.7 Å². The molecule has 6 heteroatoms. The smallest absolute Gasteiger partial charge is 0.259 e. The summed E-state index contributed by atoms with van der Waals surface area (Å²) in [6.07, 6.45) is 1.61. The Kier molecular flexibility index (Phi) is 6.31. The fraction of sp³-hybridized carbons (Fsp3) is 0.211. The Morgan fingerprint density at radius 3 is 2.44 bits per heavy atom. The molecular formula is C19H20ClN3O2. The molecule has 0 fully saturated rings. The lowest BCUT2D eigenvalue weighted by Gasteiger charge is -2.07. The highest BCUT2D eigenvalue weighted by molar-refractivity contribution is 6.30. The van der Waals surface area contributed by atoms with E-state index in [1.54, 1.807) is 24.4 Å². The predicted octanol–water partition coefficient (Wildman–Crippen LogP) is 3.15. The van der Waals surface area contributed by atoms with Crippen molar-refractivity contribution >= 4 is 29.6 Å². The van der Waals surface area contributed by atoms with Gasteiger partial charge in [-0.2, -0.15) is 5.10 Å². The van der Waals surface area contributed by atoms with Gasteiger partial charge in [-0.05, 0) is 50.1 Å². The number of amides is 2. The van der Waals surface area contributed by atoms with Gasteiger partial charge in [0.05, 0.1) is 12.8 Å². The number of aryl methyl sites for hydroxylation is 3. The van der Waals surface area contributed by atoms with Crippen LogP contribution in [0.1, 0.15) is 32.6 Å². The molecule has 130 valence electrons. The molecule has 0 aliphatic carbocycles. The second-order valence-electron chi connectivity index (χ2n) is 5.80. The molecule has 0 atom stereocenters. The highest BCUT2D eigenvalue weighted by atomic mass is 35.5. The minimum Gasteiger partial charge on any atom is -0.343 e. The molecule has 0 bridgehead atoms. The SMILES string of the molecule is Cc1cc(C)c(/C=N/NC(=O)CNC(=O)c2cccc(Cl)c2)c(C)c1. The van der Waals surface area contributed by atoms with E-state index in [2.05, 4.69) is 28.0 Å². The Morgan fingerprint density at radius 1 is 1.12 bits per heavy atom. The topological polar surface area (TPSA) is 70.6 Å². The van der Waals surface area contributed by atoms with Crippen LogP contribution in [0.5, 0.6) is 0 Å². The summed E-state index contributed by atoms with van der Waals surface area (Å²) in [5.74, 6) is -0.777. The Hall–Kier alpha value is -2.66. The van der Waals surface area contributed by atoms with Crippen LogP contribution in [0.15, 0.2) is 41.5 Å². The molecule has 0 spiro atoms. The average Bonchev–Trinajstić information content (AvgIpc) is 2.55. The van der Waals surface area contributed by atoms with Crippen LogP contribution >= 0.6 is 11.6 Å². The lowest BCUT2D eigenvalue weighted by atomic mass is 10.0. The average molecular weight is 358 g/mol. The molecule has 0 aliphatic rings. The number of carbonyl (C=O) groups is 2. The summed E-state index contributed by atoms with van der Waals surface area (Å²) in [6, 6.07) is 10.6. The molecule has 0 saturated heterocycles. The summed E-state index contributed by atoms with van der Waals surface area (Å²) < 4.78 is 0. The van der Waals surface area contributed by atoms with Gasteiger partial charge in [-0.15, -0.1) is 0 Å². The Morgan fingerprint density at radius 2 is 1.80 bits per heavy atom. The molecule has 0 saturated carbocycles. The number of nitrogens with zero attached hydrogens (tertiary/aromatic N) is 1. The van der Waals surface area contributed by atoms with E-state index in [9.17, 15) is 9.59 Å². The first kappa shape index (κ1) is 18.7. The van der Waals surface area contributed by atoms with Gasteiger partial charge in [0.1, 0.15) is 0 Å². The largest absolute Gasteiger partial charge is 0.343 e. The third kappa shape index (κ3) is 5.43. The monoisotopic (exact) mass is 357 g/mol. The van der Waals surface area contributed by atoms with Crippen molar-refractivity contribution in [3.63, 3.8) is 0 Å². The molecular weight excluding hydrogens is 338 g/mol. The van der Waals surface area contributed by atoms with Gasteiger partial charge in [0, 0.05) is 16.1 Å². The first-order chi connectivity index (χ1) is 11.9. The van der Waals surface area contributed by atoms with Gasteiger partial charge in [0.25, 0.3) is 11.8 Å². The molecule has 0 aliphatic heterocycles. The number of rotatable bonds is 5. The summed E-state index contributed by atoms with van der Waals surface area (Å²) >= 11 is 5.84. The summed E-state index contributed by atoms with van der Waals surface area (Å²) in [4.78, 5) is 23.7. The molecule has 0 unspecified atom stereocenters. The maximum atomic E-state index is 11.9. The zero-order valence-corrected chi connectivity index (χ0v) is 15.1. The number of halogens is 1. The molecule has 2 amide bonds. The number of hydrazone groups is 1. The van der Waals surface area contributed by atoms with Crippen molar-refractivity contribution in [3.05, 3.63) is 69.2 Å². The predicted molar refractivity (Wildman–Crippen MR) is 100 cm³/mol. The Bertz CT molecular complexity index is 808. The first-order valence-corrected chi connectivity index (χ1v) is 8.18. The summed E-state index contributed by atoms with van der Waals surface area (Å²) in [5.41, 5.74) is 7.13. The Labute approximate surface area is 152 Å². The lowest BCUT2D eigenvalue weighted by molar-refractivity contribution is -0.120. The maximum Gasteiger partial charge on any atom is 0.259 e. The van der Waals surface area contributed by atoms with Crippen LogP contribution in [0.25, 0.3) is 0 Å². The molecule has 0 heterocycles. The van der Waals surface area contributed by atoms with E-state index < -0.39 is 5.91 Å². The van der Waals surface area contributed by atoms with E-state index >= 15 is 0 Å². The minimum absolute atomic E-state index is 0.172. The first-order valence-electron chi connectivity index (χ1n) is 7.80. The van der Waals surface area contributed by atoms with Crippen LogP contribution in [-0.2, 0) is 4.79 Å². The van der Waals surface area contributed by atoms with E-state index in [4.69, 9.17) is 11.6 Å². The zero-order valence-electron chi connectivity index (χ0n) is 14.4. The molecule has 2 aromatic carbocycles. The van der Waals surface area contributed by atoms with E-state index in [1.807, 2.05) is 20.8 Å². The number of carbonyl (C=O) groups excluding carboxylic acids is 2. The summed E-state index contributed by atoms with van der Waals surface area (Å²) in [7, 11) is 0. The standard InChI is InChI=1S/C19H20ClN3O2/c1-12-7-13(2)17(14(3)8-12)10-22-23-18(24)11-21-19(25)15-5-4-6-16(20)9-15/h4-10H,11H2,1-3H3,(H,21,25)(H,23,24)/b22-10+. The van der Waals surface area contributed by atoms with Gasteiger partial charge in [-0.3, -0.25) is 9.59 Å². The van der Waals surface area contributed by atoms with Crippen molar-refractivity contribution in [1.82, 2.24) is 10.7 Å². The van der Waals surface area contributed by atoms with E-state index in [0.29, 0.717) is 10.6 Å².